The lowest BCUT2D eigenvalue weighted by molar-refractivity contribution is -0.116. The Morgan fingerprint density at radius 2 is 2.32 bits per heavy atom. The molecule has 0 aromatic carbocycles. The van der Waals surface area contributed by atoms with Crippen molar-refractivity contribution < 1.29 is 9.90 Å². The molecule has 1 aromatic heterocycles. The second-order valence-corrected chi connectivity index (χ2v) is 5.56. The first-order chi connectivity index (χ1) is 9.06. The van der Waals surface area contributed by atoms with Gasteiger partial charge in [-0.2, -0.15) is 0 Å². The van der Waals surface area contributed by atoms with E-state index in [2.05, 4.69) is 17.1 Å². The third-order valence-electron chi connectivity index (χ3n) is 2.97. The van der Waals surface area contributed by atoms with E-state index in [4.69, 9.17) is 5.11 Å². The summed E-state index contributed by atoms with van der Waals surface area (Å²) in [6, 6.07) is 2.24. The standard InChI is InChI=1S/C14H22N2O2S/c1-4-12(16(2)3)8-15-14(18)6-5-13-7-11(9-17)10-19-13/h5-7,10,12,17H,4,8-9H2,1-3H3,(H,15,18)/b6-5+. The van der Waals surface area contributed by atoms with Crippen LogP contribution in [0.4, 0.5) is 0 Å². The molecule has 1 atom stereocenters. The van der Waals surface area contributed by atoms with Gasteiger partial charge in [0.15, 0.2) is 0 Å². The predicted molar refractivity (Wildman–Crippen MR) is 80.1 cm³/mol. The first-order valence-corrected chi connectivity index (χ1v) is 7.25. The number of likely N-dealkylation sites (N-methyl/N-ethyl adjacent to an activating group) is 1. The van der Waals surface area contributed by atoms with Gasteiger partial charge in [0.1, 0.15) is 0 Å². The van der Waals surface area contributed by atoms with E-state index in [9.17, 15) is 4.79 Å². The van der Waals surface area contributed by atoms with Gasteiger partial charge in [-0.1, -0.05) is 6.92 Å². The number of thiophene rings is 1. The Bertz CT molecular complexity index is 427. The maximum absolute atomic E-state index is 11.7. The van der Waals surface area contributed by atoms with Crippen molar-refractivity contribution in [3.8, 4) is 0 Å². The predicted octanol–water partition coefficient (Wildman–Crippen LogP) is 1.71. The minimum atomic E-state index is -0.0840. The molecule has 0 radical (unpaired) electrons. The molecule has 0 spiro atoms. The van der Waals surface area contributed by atoms with E-state index in [0.29, 0.717) is 12.6 Å². The zero-order chi connectivity index (χ0) is 14.3. The Hall–Kier alpha value is -1.17. The van der Waals surface area contributed by atoms with Gasteiger partial charge in [0.25, 0.3) is 0 Å². The molecule has 0 aliphatic rings. The SMILES string of the molecule is CCC(CNC(=O)/C=C/c1cc(CO)cs1)N(C)C. The molecule has 5 heteroatoms. The summed E-state index contributed by atoms with van der Waals surface area (Å²) in [5.74, 6) is -0.0840. The second-order valence-electron chi connectivity index (χ2n) is 4.62. The third-order valence-corrected chi connectivity index (χ3v) is 3.92. The summed E-state index contributed by atoms with van der Waals surface area (Å²) in [5, 5.41) is 13.7. The van der Waals surface area contributed by atoms with Crippen molar-refractivity contribution in [2.24, 2.45) is 0 Å². The summed E-state index contributed by atoms with van der Waals surface area (Å²) >= 11 is 1.51. The van der Waals surface area contributed by atoms with E-state index in [1.54, 1.807) is 6.08 Å². The molecule has 0 saturated carbocycles. The largest absolute Gasteiger partial charge is 0.392 e. The minimum absolute atomic E-state index is 0.0392. The summed E-state index contributed by atoms with van der Waals surface area (Å²) in [6.07, 6.45) is 4.31. The second kappa shape index (κ2) is 8.09. The van der Waals surface area contributed by atoms with Gasteiger partial charge in [-0.25, -0.2) is 0 Å². The van der Waals surface area contributed by atoms with Crippen molar-refractivity contribution in [3.63, 3.8) is 0 Å². The highest BCUT2D eigenvalue weighted by Gasteiger charge is 2.08. The van der Waals surface area contributed by atoms with Gasteiger partial charge in [0, 0.05) is 23.5 Å². The number of aliphatic hydroxyl groups excluding tert-OH is 1. The number of nitrogens with one attached hydrogen (secondary N) is 1. The van der Waals surface area contributed by atoms with E-state index in [0.717, 1.165) is 16.9 Å². The lowest BCUT2D eigenvalue weighted by Crippen LogP contribution is -2.39. The molecule has 106 valence electrons. The first kappa shape index (κ1) is 15.9. The fourth-order valence-corrected chi connectivity index (χ4v) is 2.49. The van der Waals surface area contributed by atoms with E-state index in [-0.39, 0.29) is 12.5 Å². The number of nitrogens with zero attached hydrogens (tertiary/aromatic N) is 1. The molecule has 1 heterocycles. The zero-order valence-electron chi connectivity index (χ0n) is 11.7. The highest BCUT2D eigenvalue weighted by atomic mass is 32.1. The summed E-state index contributed by atoms with van der Waals surface area (Å²) in [4.78, 5) is 14.8. The van der Waals surface area contributed by atoms with Crippen LogP contribution in [0.3, 0.4) is 0 Å². The van der Waals surface area contributed by atoms with Crippen LogP contribution in [0.5, 0.6) is 0 Å². The van der Waals surface area contributed by atoms with Crippen LogP contribution < -0.4 is 5.32 Å². The Labute approximate surface area is 118 Å². The Balaban J connectivity index is 2.42. The van der Waals surface area contributed by atoms with Gasteiger partial charge < -0.3 is 15.3 Å². The molecule has 0 fully saturated rings. The highest BCUT2D eigenvalue weighted by Crippen LogP contribution is 2.15. The van der Waals surface area contributed by atoms with E-state index < -0.39 is 0 Å². The average molecular weight is 282 g/mol. The van der Waals surface area contributed by atoms with Crippen LogP contribution in [0, 0.1) is 0 Å². The molecular weight excluding hydrogens is 260 g/mol. The van der Waals surface area contributed by atoms with E-state index >= 15 is 0 Å². The minimum Gasteiger partial charge on any atom is -0.392 e. The monoisotopic (exact) mass is 282 g/mol. The van der Waals surface area contributed by atoms with Crippen LogP contribution in [0.1, 0.15) is 23.8 Å². The summed E-state index contributed by atoms with van der Waals surface area (Å²) in [5.41, 5.74) is 0.878. The quantitative estimate of drug-likeness (QED) is 0.749. The van der Waals surface area contributed by atoms with Gasteiger partial charge in [-0.3, -0.25) is 4.79 Å². The molecule has 0 aliphatic heterocycles. The van der Waals surface area contributed by atoms with E-state index in [1.807, 2.05) is 25.5 Å². The van der Waals surface area contributed by atoms with Gasteiger partial charge >= 0.3 is 0 Å². The maximum Gasteiger partial charge on any atom is 0.244 e. The number of hydrogen-bond acceptors (Lipinski definition) is 4. The number of hydrogen-bond donors (Lipinski definition) is 2. The van der Waals surface area contributed by atoms with Crippen molar-refractivity contribution >= 4 is 23.3 Å². The molecule has 0 bridgehead atoms. The number of amides is 1. The van der Waals surface area contributed by atoms with Crippen LogP contribution >= 0.6 is 11.3 Å². The molecule has 1 amide bonds. The number of aliphatic hydroxyl groups is 1. The van der Waals surface area contributed by atoms with Crippen molar-refractivity contribution in [1.29, 1.82) is 0 Å². The molecule has 1 unspecified atom stereocenters. The molecule has 0 saturated heterocycles. The number of rotatable bonds is 7. The third kappa shape index (κ3) is 5.55. The fourth-order valence-electron chi connectivity index (χ4n) is 1.69. The first-order valence-electron chi connectivity index (χ1n) is 6.37. The zero-order valence-corrected chi connectivity index (χ0v) is 12.5. The topological polar surface area (TPSA) is 52.6 Å². The molecule has 19 heavy (non-hydrogen) atoms. The molecular formula is C14H22N2O2S. The van der Waals surface area contributed by atoms with Crippen LogP contribution in [-0.2, 0) is 11.4 Å². The molecule has 1 rings (SSSR count). The molecule has 4 nitrogen and oxygen atoms in total. The van der Waals surface area contributed by atoms with Crippen molar-refractivity contribution in [2.45, 2.75) is 26.0 Å². The Morgan fingerprint density at radius 3 is 2.84 bits per heavy atom. The summed E-state index contributed by atoms with van der Waals surface area (Å²) in [6.45, 7) is 2.80. The van der Waals surface area contributed by atoms with Crippen molar-refractivity contribution in [1.82, 2.24) is 10.2 Å². The molecule has 0 aliphatic carbocycles. The smallest absolute Gasteiger partial charge is 0.244 e. The maximum atomic E-state index is 11.7. The summed E-state index contributed by atoms with van der Waals surface area (Å²) < 4.78 is 0. The number of carbonyl (C=O) groups is 1. The fraction of sp³-hybridized carbons (Fsp3) is 0.500. The van der Waals surface area contributed by atoms with Crippen LogP contribution in [0.15, 0.2) is 17.5 Å². The summed E-state index contributed by atoms with van der Waals surface area (Å²) in [7, 11) is 4.02. The highest BCUT2D eigenvalue weighted by molar-refractivity contribution is 7.11. The Morgan fingerprint density at radius 1 is 1.58 bits per heavy atom. The van der Waals surface area contributed by atoms with Crippen LogP contribution in [0.2, 0.25) is 0 Å². The van der Waals surface area contributed by atoms with Crippen molar-refractivity contribution in [3.05, 3.63) is 28.0 Å². The Kier molecular flexibility index (Phi) is 6.77. The van der Waals surface area contributed by atoms with Crippen LogP contribution in [-0.4, -0.2) is 42.6 Å². The molecule has 1 aromatic rings. The van der Waals surface area contributed by atoms with Gasteiger partial charge in [0.05, 0.1) is 6.61 Å². The van der Waals surface area contributed by atoms with Gasteiger partial charge in [-0.05, 0) is 43.6 Å². The van der Waals surface area contributed by atoms with Gasteiger partial charge in [-0.15, -0.1) is 11.3 Å². The van der Waals surface area contributed by atoms with Gasteiger partial charge in [0.2, 0.25) is 5.91 Å². The lowest BCUT2D eigenvalue weighted by atomic mass is 10.2. The average Bonchev–Trinajstić information content (AvgIpc) is 2.84. The lowest BCUT2D eigenvalue weighted by Gasteiger charge is -2.22. The number of carbonyl (C=O) groups excluding carboxylic acids is 1. The normalized spacial score (nSPS) is 13.1. The molecule has 2 N–H and O–H groups in total. The van der Waals surface area contributed by atoms with E-state index in [1.165, 1.54) is 17.4 Å². The van der Waals surface area contributed by atoms with Crippen LogP contribution in [0.25, 0.3) is 6.08 Å². The van der Waals surface area contributed by atoms with Crippen molar-refractivity contribution in [2.75, 3.05) is 20.6 Å².